The van der Waals surface area contributed by atoms with Crippen LogP contribution in [0.25, 0.3) is 5.69 Å². The Labute approximate surface area is 90.1 Å². The second kappa shape index (κ2) is 3.98. The molecule has 78 valence electrons. The first-order valence-electron chi connectivity index (χ1n) is 4.27. The summed E-state index contributed by atoms with van der Waals surface area (Å²) >= 11 is 5.89. The lowest BCUT2D eigenvalue weighted by Gasteiger charge is -2.07. The Kier molecular flexibility index (Phi) is 2.68. The summed E-state index contributed by atoms with van der Waals surface area (Å²) in [5.74, 6) is 0. The molecule has 1 aromatic heterocycles. The van der Waals surface area contributed by atoms with Crippen molar-refractivity contribution in [2.75, 3.05) is 0 Å². The summed E-state index contributed by atoms with van der Waals surface area (Å²) in [6, 6.07) is 8.00. The molecule has 0 saturated carbocycles. The molecule has 0 bridgehead atoms. The number of hydrogen-bond donors (Lipinski definition) is 0. The van der Waals surface area contributed by atoms with E-state index >= 15 is 0 Å². The minimum absolute atomic E-state index is 0.164. The van der Waals surface area contributed by atoms with E-state index in [2.05, 4.69) is 5.10 Å². The van der Waals surface area contributed by atoms with Gasteiger partial charge >= 0.3 is 0 Å². The Morgan fingerprint density at radius 3 is 2.60 bits per heavy atom. The zero-order valence-corrected chi connectivity index (χ0v) is 8.33. The second-order valence-electron chi connectivity index (χ2n) is 2.92. The summed E-state index contributed by atoms with van der Waals surface area (Å²) in [6.07, 6.45) is -1.24. The van der Waals surface area contributed by atoms with Gasteiger partial charge in [-0.2, -0.15) is 5.10 Å². The molecule has 0 fully saturated rings. The third-order valence-electron chi connectivity index (χ3n) is 1.98. The molecular weight excluding hydrogens is 222 g/mol. The van der Waals surface area contributed by atoms with Gasteiger partial charge in [0.15, 0.2) is 0 Å². The van der Waals surface area contributed by atoms with Crippen LogP contribution in [0.5, 0.6) is 0 Å². The lowest BCUT2D eigenvalue weighted by molar-refractivity contribution is 0.143. The van der Waals surface area contributed by atoms with Crippen LogP contribution in [0.1, 0.15) is 12.1 Å². The van der Waals surface area contributed by atoms with Crippen LogP contribution in [0.4, 0.5) is 8.78 Å². The summed E-state index contributed by atoms with van der Waals surface area (Å²) in [5.41, 5.74) is 0.294. The second-order valence-corrected chi connectivity index (χ2v) is 3.33. The maximum Gasteiger partial charge on any atom is 0.280 e. The number of aromatic nitrogens is 2. The predicted molar refractivity (Wildman–Crippen MR) is 53.5 cm³/mol. The van der Waals surface area contributed by atoms with E-state index in [9.17, 15) is 8.78 Å². The Morgan fingerprint density at radius 2 is 1.93 bits per heavy atom. The molecule has 0 unspecified atom stereocenters. The summed E-state index contributed by atoms with van der Waals surface area (Å²) in [5, 5.41) is 4.21. The van der Waals surface area contributed by atoms with Crippen LogP contribution >= 0.6 is 11.6 Å². The first-order chi connectivity index (χ1) is 7.20. The maximum atomic E-state index is 12.6. The van der Waals surface area contributed by atoms with Gasteiger partial charge in [-0.1, -0.05) is 23.7 Å². The van der Waals surface area contributed by atoms with Crippen molar-refractivity contribution in [1.82, 2.24) is 9.78 Å². The quantitative estimate of drug-likeness (QED) is 0.770. The van der Waals surface area contributed by atoms with Crippen LogP contribution in [0.2, 0.25) is 5.02 Å². The minimum atomic E-state index is -2.57. The highest BCUT2D eigenvalue weighted by molar-refractivity contribution is 6.32. The van der Waals surface area contributed by atoms with Crippen LogP contribution in [0.3, 0.4) is 0 Å². The molecule has 0 aliphatic carbocycles. The highest BCUT2D eigenvalue weighted by Gasteiger charge is 2.15. The Bertz CT molecular complexity index is 468. The van der Waals surface area contributed by atoms with Gasteiger partial charge in [-0.05, 0) is 18.2 Å². The molecule has 2 aromatic rings. The number of rotatable bonds is 2. The molecule has 5 heteroatoms. The smallest absolute Gasteiger partial charge is 0.230 e. The average molecular weight is 229 g/mol. The van der Waals surface area contributed by atoms with E-state index in [1.807, 2.05) is 0 Å². The Balaban J connectivity index is 2.55. The van der Waals surface area contributed by atoms with Crippen molar-refractivity contribution in [3.63, 3.8) is 0 Å². The van der Waals surface area contributed by atoms with Crippen LogP contribution in [0, 0.1) is 0 Å². The number of para-hydroxylation sites is 1. The Hall–Kier alpha value is -1.42. The topological polar surface area (TPSA) is 17.8 Å². The first kappa shape index (κ1) is 10.1. The molecule has 0 saturated heterocycles. The molecule has 0 radical (unpaired) electrons. The van der Waals surface area contributed by atoms with Crippen molar-refractivity contribution < 1.29 is 8.78 Å². The molecule has 2 rings (SSSR count). The number of benzene rings is 1. The van der Waals surface area contributed by atoms with Crippen molar-refractivity contribution in [3.8, 4) is 5.69 Å². The van der Waals surface area contributed by atoms with Crippen molar-refractivity contribution >= 4 is 11.6 Å². The zero-order chi connectivity index (χ0) is 10.8. The van der Waals surface area contributed by atoms with Crippen molar-refractivity contribution in [2.24, 2.45) is 0 Å². The van der Waals surface area contributed by atoms with Gasteiger partial charge in [0, 0.05) is 6.20 Å². The van der Waals surface area contributed by atoms with E-state index in [0.717, 1.165) is 4.68 Å². The molecule has 0 amide bonds. The lowest BCUT2D eigenvalue weighted by atomic mass is 10.3. The third kappa shape index (κ3) is 1.85. The van der Waals surface area contributed by atoms with Gasteiger partial charge in [-0.25, -0.2) is 13.5 Å². The molecule has 1 aromatic carbocycles. The maximum absolute atomic E-state index is 12.6. The first-order valence-corrected chi connectivity index (χ1v) is 4.65. The van der Waals surface area contributed by atoms with Crippen molar-refractivity contribution in [1.29, 1.82) is 0 Å². The molecule has 0 atom stereocenters. The largest absolute Gasteiger partial charge is 0.280 e. The fraction of sp³-hybridized carbons (Fsp3) is 0.100. The van der Waals surface area contributed by atoms with Gasteiger partial charge in [0.05, 0.1) is 10.7 Å². The number of nitrogens with zero attached hydrogens (tertiary/aromatic N) is 2. The zero-order valence-electron chi connectivity index (χ0n) is 7.57. The molecule has 2 nitrogen and oxygen atoms in total. The Morgan fingerprint density at radius 1 is 1.20 bits per heavy atom. The van der Waals surface area contributed by atoms with Crippen LogP contribution in [0.15, 0.2) is 36.5 Å². The van der Waals surface area contributed by atoms with Crippen LogP contribution in [-0.2, 0) is 0 Å². The fourth-order valence-corrected chi connectivity index (χ4v) is 1.52. The number of halogens is 3. The number of alkyl halides is 2. The molecule has 0 aliphatic rings. The van der Waals surface area contributed by atoms with Crippen molar-refractivity contribution in [2.45, 2.75) is 6.43 Å². The van der Waals surface area contributed by atoms with Gasteiger partial charge < -0.3 is 0 Å². The van der Waals surface area contributed by atoms with E-state index in [1.165, 1.54) is 12.3 Å². The molecule has 0 N–H and O–H groups in total. The SMILES string of the molecule is FC(F)c1ccnn1-c1ccccc1Cl. The van der Waals surface area contributed by atoms with Gasteiger partial charge in [0.2, 0.25) is 0 Å². The van der Waals surface area contributed by atoms with E-state index in [4.69, 9.17) is 11.6 Å². The molecule has 0 aliphatic heterocycles. The summed E-state index contributed by atoms with van der Waals surface area (Å²) in [4.78, 5) is 0. The lowest BCUT2D eigenvalue weighted by Crippen LogP contribution is -2.02. The third-order valence-corrected chi connectivity index (χ3v) is 2.30. The number of hydrogen-bond acceptors (Lipinski definition) is 1. The van der Waals surface area contributed by atoms with E-state index in [-0.39, 0.29) is 5.69 Å². The summed E-state index contributed by atoms with van der Waals surface area (Å²) < 4.78 is 26.3. The van der Waals surface area contributed by atoms with Gasteiger partial charge in [-0.15, -0.1) is 0 Å². The minimum Gasteiger partial charge on any atom is -0.230 e. The van der Waals surface area contributed by atoms with Crippen LogP contribution < -0.4 is 0 Å². The van der Waals surface area contributed by atoms with Gasteiger partial charge in [0.1, 0.15) is 5.69 Å². The monoisotopic (exact) mass is 228 g/mol. The molecule has 15 heavy (non-hydrogen) atoms. The van der Waals surface area contributed by atoms with E-state index in [1.54, 1.807) is 24.3 Å². The van der Waals surface area contributed by atoms with Crippen LogP contribution in [-0.4, -0.2) is 9.78 Å². The highest BCUT2D eigenvalue weighted by atomic mass is 35.5. The highest BCUT2D eigenvalue weighted by Crippen LogP contribution is 2.25. The van der Waals surface area contributed by atoms with Crippen molar-refractivity contribution in [3.05, 3.63) is 47.2 Å². The summed E-state index contributed by atoms with van der Waals surface area (Å²) in [6.45, 7) is 0. The average Bonchev–Trinajstić information content (AvgIpc) is 2.67. The molecular formula is C10H7ClF2N2. The normalized spacial score (nSPS) is 10.9. The standard InChI is InChI=1S/C10H7ClF2N2/c11-7-3-1-2-4-8(7)15-9(10(12)13)5-6-14-15/h1-6,10H. The summed E-state index contributed by atoms with van der Waals surface area (Å²) in [7, 11) is 0. The van der Waals surface area contributed by atoms with Gasteiger partial charge in [-0.3, -0.25) is 0 Å². The predicted octanol–water partition coefficient (Wildman–Crippen LogP) is 3.46. The van der Waals surface area contributed by atoms with Gasteiger partial charge in [0.25, 0.3) is 6.43 Å². The fourth-order valence-electron chi connectivity index (χ4n) is 1.30. The molecule has 1 heterocycles. The van der Waals surface area contributed by atoms with E-state index < -0.39 is 6.43 Å². The molecule has 0 spiro atoms. The van der Waals surface area contributed by atoms with E-state index in [0.29, 0.717) is 10.7 Å².